The van der Waals surface area contributed by atoms with Crippen LogP contribution in [0.4, 0.5) is 0 Å². The van der Waals surface area contributed by atoms with E-state index >= 15 is 0 Å². The van der Waals surface area contributed by atoms with Crippen molar-refractivity contribution < 1.29 is 8.42 Å². The van der Waals surface area contributed by atoms with Crippen LogP contribution in [0.15, 0.2) is 30.3 Å². The van der Waals surface area contributed by atoms with Gasteiger partial charge in [0.05, 0.1) is 5.75 Å². The zero-order chi connectivity index (χ0) is 14.3. The monoisotopic (exact) mass is 260 g/mol. The van der Waals surface area contributed by atoms with Crippen LogP contribution in [-0.2, 0) is 15.6 Å². The first-order valence-electron chi connectivity index (χ1n) is 6.29. The van der Waals surface area contributed by atoms with Crippen molar-refractivity contribution >= 4 is 9.84 Å². The Morgan fingerprint density at radius 1 is 0.824 bits per heavy atom. The van der Waals surface area contributed by atoms with Gasteiger partial charge in [0.1, 0.15) is 0 Å². The predicted molar refractivity (Wildman–Crippen MR) is 79.0 cm³/mol. The minimum Gasteiger partial charge on any atom is -0.229 e. The molecule has 0 bridgehead atoms. The Bertz CT molecular complexity index is 315. The summed E-state index contributed by atoms with van der Waals surface area (Å²) in [4.78, 5) is 0. The smallest absolute Gasteiger partial charge is 0.151 e. The molecule has 0 atom stereocenters. The van der Waals surface area contributed by atoms with E-state index in [9.17, 15) is 8.42 Å². The Morgan fingerprint density at radius 3 is 1.47 bits per heavy atom. The van der Waals surface area contributed by atoms with Gasteiger partial charge in [0.25, 0.3) is 0 Å². The van der Waals surface area contributed by atoms with E-state index in [0.29, 0.717) is 0 Å². The highest BCUT2D eigenvalue weighted by Gasteiger charge is 2.01. The lowest BCUT2D eigenvalue weighted by atomic mass is 10.2. The van der Waals surface area contributed by atoms with E-state index in [2.05, 4.69) is 0 Å². The average Bonchev–Trinajstić information content (AvgIpc) is 2.36. The number of benzene rings is 1. The van der Waals surface area contributed by atoms with Crippen LogP contribution in [0.3, 0.4) is 0 Å². The molecule has 0 aliphatic carbocycles. The van der Waals surface area contributed by atoms with Gasteiger partial charge in [-0.05, 0) is 5.56 Å². The van der Waals surface area contributed by atoms with Gasteiger partial charge in [-0.15, -0.1) is 0 Å². The third kappa shape index (κ3) is 17.8. The van der Waals surface area contributed by atoms with E-state index in [4.69, 9.17) is 0 Å². The van der Waals surface area contributed by atoms with Gasteiger partial charge in [0.15, 0.2) is 9.84 Å². The largest absolute Gasteiger partial charge is 0.229 e. The highest BCUT2D eigenvalue weighted by Crippen LogP contribution is 2.02. The fraction of sp³-hybridized carbons (Fsp3) is 0.571. The van der Waals surface area contributed by atoms with Crippen molar-refractivity contribution in [3.63, 3.8) is 0 Å². The van der Waals surface area contributed by atoms with Gasteiger partial charge in [-0.25, -0.2) is 8.42 Å². The molecule has 0 radical (unpaired) electrons. The molecule has 0 N–H and O–H groups in total. The molecule has 0 saturated heterocycles. The fourth-order valence-electron chi connectivity index (χ4n) is 0.877. The average molecular weight is 260 g/mol. The third-order valence-electron chi connectivity index (χ3n) is 1.27. The Labute approximate surface area is 108 Å². The first-order chi connectivity index (χ1) is 8.08. The summed E-state index contributed by atoms with van der Waals surface area (Å²) in [5.41, 5.74) is 0.843. The second kappa shape index (κ2) is 15.2. The maximum atomic E-state index is 10.8. The number of sulfone groups is 1. The maximum Gasteiger partial charge on any atom is 0.151 e. The minimum atomic E-state index is -2.88. The van der Waals surface area contributed by atoms with Crippen LogP contribution in [0.1, 0.15) is 47.1 Å². The first-order valence-corrected chi connectivity index (χ1v) is 8.36. The van der Waals surface area contributed by atoms with Gasteiger partial charge >= 0.3 is 0 Å². The minimum absolute atomic E-state index is 0.133. The van der Waals surface area contributed by atoms with Gasteiger partial charge in [0, 0.05) is 6.26 Å². The summed E-state index contributed by atoms with van der Waals surface area (Å²) in [5.74, 6) is 0.133. The topological polar surface area (TPSA) is 34.1 Å². The lowest BCUT2D eigenvalue weighted by molar-refractivity contribution is 0.601. The number of hydrogen-bond donors (Lipinski definition) is 0. The highest BCUT2D eigenvalue weighted by molar-refractivity contribution is 7.89. The lowest BCUT2D eigenvalue weighted by Crippen LogP contribution is -1.99. The highest BCUT2D eigenvalue weighted by atomic mass is 32.2. The Kier molecular flexibility index (Phi) is 19.1. The van der Waals surface area contributed by atoms with Crippen LogP contribution < -0.4 is 0 Å². The summed E-state index contributed by atoms with van der Waals surface area (Å²) in [6.45, 7) is 12.0. The van der Waals surface area contributed by atoms with Gasteiger partial charge in [0.2, 0.25) is 0 Å². The molecule has 0 spiro atoms. The van der Waals surface area contributed by atoms with E-state index in [1.165, 1.54) is 6.26 Å². The molecule has 0 saturated carbocycles. The fourth-order valence-corrected chi connectivity index (χ4v) is 1.67. The SMILES string of the molecule is CC.CC.CC.CS(=O)(=O)Cc1ccccc1. The van der Waals surface area contributed by atoms with E-state index in [1.54, 1.807) is 12.1 Å². The quantitative estimate of drug-likeness (QED) is 0.794. The van der Waals surface area contributed by atoms with Crippen molar-refractivity contribution in [2.45, 2.75) is 47.3 Å². The molecule has 0 unspecified atom stereocenters. The molecule has 1 aromatic rings. The molecule has 17 heavy (non-hydrogen) atoms. The molecule has 0 amide bonds. The van der Waals surface area contributed by atoms with Crippen molar-refractivity contribution in [3.8, 4) is 0 Å². The Balaban J connectivity index is -0.000000285. The predicted octanol–water partition coefficient (Wildman–Crippen LogP) is 4.31. The summed E-state index contributed by atoms with van der Waals surface area (Å²) in [6.07, 6.45) is 1.24. The zero-order valence-electron chi connectivity index (χ0n) is 12.3. The van der Waals surface area contributed by atoms with Crippen molar-refractivity contribution in [2.24, 2.45) is 0 Å². The Morgan fingerprint density at radius 2 is 1.18 bits per heavy atom. The van der Waals surface area contributed by atoms with Gasteiger partial charge in [-0.1, -0.05) is 71.9 Å². The molecule has 0 aliphatic heterocycles. The van der Waals surface area contributed by atoms with Crippen LogP contribution in [0, 0.1) is 0 Å². The molecular weight excluding hydrogens is 232 g/mol. The summed E-state index contributed by atoms with van der Waals surface area (Å²) < 4.78 is 21.6. The van der Waals surface area contributed by atoms with Crippen molar-refractivity contribution in [1.29, 1.82) is 0 Å². The molecule has 1 rings (SSSR count). The summed E-state index contributed by atoms with van der Waals surface area (Å²) in [5, 5.41) is 0. The van der Waals surface area contributed by atoms with E-state index < -0.39 is 9.84 Å². The summed E-state index contributed by atoms with van der Waals surface area (Å²) in [7, 11) is -2.88. The van der Waals surface area contributed by atoms with E-state index in [0.717, 1.165) is 5.56 Å². The van der Waals surface area contributed by atoms with Crippen LogP contribution >= 0.6 is 0 Å². The molecule has 2 nitrogen and oxygen atoms in total. The van der Waals surface area contributed by atoms with Gasteiger partial charge in [-0.2, -0.15) is 0 Å². The molecule has 102 valence electrons. The van der Waals surface area contributed by atoms with Gasteiger partial charge in [-0.3, -0.25) is 0 Å². The van der Waals surface area contributed by atoms with Crippen molar-refractivity contribution in [3.05, 3.63) is 35.9 Å². The van der Waals surface area contributed by atoms with E-state index in [-0.39, 0.29) is 5.75 Å². The second-order valence-corrected chi connectivity index (χ2v) is 4.70. The molecule has 0 heterocycles. The van der Waals surface area contributed by atoms with Crippen LogP contribution in [-0.4, -0.2) is 14.7 Å². The summed E-state index contributed by atoms with van der Waals surface area (Å²) in [6, 6.07) is 9.15. The second-order valence-electron chi connectivity index (χ2n) is 2.56. The van der Waals surface area contributed by atoms with E-state index in [1.807, 2.05) is 59.7 Å². The zero-order valence-corrected chi connectivity index (χ0v) is 13.1. The molecule has 0 aliphatic rings. The molecule has 0 fully saturated rings. The van der Waals surface area contributed by atoms with Crippen LogP contribution in [0.25, 0.3) is 0 Å². The number of rotatable bonds is 2. The standard InChI is InChI=1S/C8H10O2S.3C2H6/c1-11(9,10)7-8-5-3-2-4-6-8;3*1-2/h2-6H,7H2,1H3;3*1-2H3. The maximum absolute atomic E-state index is 10.8. The van der Waals surface area contributed by atoms with Crippen molar-refractivity contribution in [1.82, 2.24) is 0 Å². The molecule has 1 aromatic carbocycles. The first kappa shape index (κ1) is 21.5. The van der Waals surface area contributed by atoms with Gasteiger partial charge < -0.3 is 0 Å². The number of hydrogen-bond acceptors (Lipinski definition) is 2. The summed E-state index contributed by atoms with van der Waals surface area (Å²) >= 11 is 0. The Hall–Kier alpha value is -0.830. The molecular formula is C14H28O2S. The normalized spacial score (nSPS) is 8.41. The van der Waals surface area contributed by atoms with Crippen molar-refractivity contribution in [2.75, 3.05) is 6.26 Å². The van der Waals surface area contributed by atoms with Crippen LogP contribution in [0.5, 0.6) is 0 Å². The lowest BCUT2D eigenvalue weighted by Gasteiger charge is -1.96. The third-order valence-corrected chi connectivity index (χ3v) is 2.13. The molecule has 0 aromatic heterocycles. The molecule has 3 heteroatoms. The van der Waals surface area contributed by atoms with Crippen LogP contribution in [0.2, 0.25) is 0 Å².